The molecule has 2 heterocycles. The van der Waals surface area contributed by atoms with Crippen molar-refractivity contribution < 1.29 is 27.4 Å². The van der Waals surface area contributed by atoms with Crippen LogP contribution in [0.1, 0.15) is 6.42 Å². The highest BCUT2D eigenvalue weighted by molar-refractivity contribution is 7.89. The zero-order valence-electron chi connectivity index (χ0n) is 15.3. The van der Waals surface area contributed by atoms with Crippen molar-refractivity contribution in [2.45, 2.75) is 17.4 Å². The van der Waals surface area contributed by atoms with Crippen LogP contribution in [0.15, 0.2) is 47.4 Å². The van der Waals surface area contributed by atoms with Crippen LogP contribution in [0.5, 0.6) is 17.2 Å². The number of fused-ring (bicyclic) bond motifs is 1. The topological polar surface area (TPSA) is 94.2 Å². The number of nitrogens with zero attached hydrogens (tertiary/aromatic N) is 1. The highest BCUT2D eigenvalue weighted by Crippen LogP contribution is 2.32. The van der Waals surface area contributed by atoms with Gasteiger partial charge in [-0.15, -0.1) is 0 Å². The van der Waals surface area contributed by atoms with E-state index in [0.29, 0.717) is 36.1 Å². The monoisotopic (exact) mass is 404 g/mol. The summed E-state index contributed by atoms with van der Waals surface area (Å²) in [6.07, 6.45) is 0.0931. The minimum Gasteiger partial charge on any atom is -0.497 e. The Labute approximate surface area is 163 Å². The molecule has 148 valence electrons. The van der Waals surface area contributed by atoms with Gasteiger partial charge in [0.2, 0.25) is 15.9 Å². The molecule has 0 bridgehead atoms. The number of amides is 1. The molecule has 1 saturated heterocycles. The van der Waals surface area contributed by atoms with Crippen LogP contribution in [0.3, 0.4) is 0 Å². The SMILES string of the molecule is COc1ccc(N2C[C@H](NS(=O)(=O)c3ccc4c(c3)OCCO4)CC2=O)cc1. The van der Waals surface area contributed by atoms with Gasteiger partial charge in [-0.05, 0) is 36.4 Å². The minimum absolute atomic E-state index is 0.0760. The molecule has 2 aliphatic rings. The van der Waals surface area contributed by atoms with Crippen molar-refractivity contribution in [3.05, 3.63) is 42.5 Å². The van der Waals surface area contributed by atoms with E-state index in [1.807, 2.05) is 0 Å². The molecule has 2 aromatic rings. The van der Waals surface area contributed by atoms with Crippen LogP contribution in [-0.4, -0.2) is 47.2 Å². The van der Waals surface area contributed by atoms with Gasteiger partial charge < -0.3 is 19.1 Å². The number of rotatable bonds is 5. The summed E-state index contributed by atoms with van der Waals surface area (Å²) in [5.41, 5.74) is 0.701. The van der Waals surface area contributed by atoms with Gasteiger partial charge in [0.05, 0.1) is 12.0 Å². The first kappa shape index (κ1) is 18.6. The summed E-state index contributed by atoms with van der Waals surface area (Å²) < 4.78 is 44.1. The van der Waals surface area contributed by atoms with E-state index in [1.54, 1.807) is 42.3 Å². The number of nitrogens with one attached hydrogen (secondary N) is 1. The number of hydrogen-bond donors (Lipinski definition) is 1. The first-order valence-electron chi connectivity index (χ1n) is 8.83. The quantitative estimate of drug-likeness (QED) is 0.813. The molecule has 0 unspecified atom stereocenters. The number of carbonyl (C=O) groups is 1. The largest absolute Gasteiger partial charge is 0.497 e. The fraction of sp³-hybridized carbons (Fsp3) is 0.316. The molecular formula is C19H20N2O6S. The number of ether oxygens (including phenoxy) is 3. The minimum atomic E-state index is -3.80. The highest BCUT2D eigenvalue weighted by atomic mass is 32.2. The molecular weight excluding hydrogens is 384 g/mol. The van der Waals surface area contributed by atoms with Gasteiger partial charge in [-0.3, -0.25) is 4.79 Å². The van der Waals surface area contributed by atoms with Crippen molar-refractivity contribution in [1.29, 1.82) is 0 Å². The summed E-state index contributed by atoms with van der Waals surface area (Å²) in [5, 5.41) is 0. The third-order valence-electron chi connectivity index (χ3n) is 4.65. The van der Waals surface area contributed by atoms with Crippen LogP contribution in [0, 0.1) is 0 Å². The molecule has 0 aliphatic carbocycles. The molecule has 1 fully saturated rings. The smallest absolute Gasteiger partial charge is 0.241 e. The number of methoxy groups -OCH3 is 1. The van der Waals surface area contributed by atoms with Crippen LogP contribution in [0.2, 0.25) is 0 Å². The summed E-state index contributed by atoms with van der Waals surface area (Å²) >= 11 is 0. The Morgan fingerprint density at radius 2 is 1.79 bits per heavy atom. The lowest BCUT2D eigenvalue weighted by Crippen LogP contribution is -2.37. The van der Waals surface area contributed by atoms with E-state index in [0.717, 1.165) is 0 Å². The molecule has 0 aromatic heterocycles. The first-order chi connectivity index (χ1) is 13.5. The Hall–Kier alpha value is -2.78. The van der Waals surface area contributed by atoms with E-state index in [9.17, 15) is 13.2 Å². The Kier molecular flexibility index (Phi) is 4.86. The van der Waals surface area contributed by atoms with Crippen LogP contribution in [0.4, 0.5) is 5.69 Å². The lowest BCUT2D eigenvalue weighted by Gasteiger charge is -2.20. The standard InChI is InChI=1S/C19H20N2O6S/c1-25-15-4-2-14(3-5-15)21-12-13(10-19(21)22)20-28(23,24)16-6-7-17-18(11-16)27-9-8-26-17/h2-7,11,13,20H,8-10,12H2,1H3/t13-/m1/s1. The second-order valence-electron chi connectivity index (χ2n) is 6.53. The van der Waals surface area contributed by atoms with Crippen molar-refractivity contribution in [1.82, 2.24) is 4.72 Å². The number of anilines is 1. The fourth-order valence-corrected chi connectivity index (χ4v) is 4.52. The molecule has 2 aliphatic heterocycles. The maximum atomic E-state index is 12.8. The molecule has 1 amide bonds. The van der Waals surface area contributed by atoms with Crippen molar-refractivity contribution in [3.63, 3.8) is 0 Å². The van der Waals surface area contributed by atoms with Gasteiger partial charge in [0, 0.05) is 30.8 Å². The average Bonchev–Trinajstić information content (AvgIpc) is 3.07. The summed E-state index contributed by atoms with van der Waals surface area (Å²) in [7, 11) is -2.23. The molecule has 1 atom stereocenters. The zero-order valence-corrected chi connectivity index (χ0v) is 16.1. The average molecular weight is 404 g/mol. The number of carbonyl (C=O) groups excluding carboxylic acids is 1. The molecule has 2 aromatic carbocycles. The zero-order chi connectivity index (χ0) is 19.7. The van der Waals surface area contributed by atoms with Gasteiger partial charge in [-0.1, -0.05) is 0 Å². The van der Waals surface area contributed by atoms with Gasteiger partial charge in [0.25, 0.3) is 0 Å². The van der Waals surface area contributed by atoms with Crippen LogP contribution >= 0.6 is 0 Å². The highest BCUT2D eigenvalue weighted by Gasteiger charge is 2.34. The maximum absolute atomic E-state index is 12.8. The van der Waals surface area contributed by atoms with Crippen molar-refractivity contribution in [3.8, 4) is 17.2 Å². The summed E-state index contributed by atoms with van der Waals surface area (Å²) in [4.78, 5) is 14.0. The lowest BCUT2D eigenvalue weighted by molar-refractivity contribution is -0.117. The second kappa shape index (κ2) is 7.33. The number of benzene rings is 2. The Morgan fingerprint density at radius 3 is 2.50 bits per heavy atom. The van der Waals surface area contributed by atoms with Gasteiger partial charge in [-0.25, -0.2) is 13.1 Å². The summed E-state index contributed by atoms with van der Waals surface area (Å²) in [6, 6.07) is 11.0. The molecule has 1 N–H and O–H groups in total. The molecule has 0 saturated carbocycles. The maximum Gasteiger partial charge on any atom is 0.241 e. The van der Waals surface area contributed by atoms with E-state index in [1.165, 1.54) is 12.1 Å². The van der Waals surface area contributed by atoms with Gasteiger partial charge >= 0.3 is 0 Å². The third-order valence-corrected chi connectivity index (χ3v) is 6.17. The Balaban J connectivity index is 1.48. The van der Waals surface area contributed by atoms with Gasteiger partial charge in [0.15, 0.2) is 11.5 Å². The van der Waals surface area contributed by atoms with Crippen molar-refractivity contribution in [2.24, 2.45) is 0 Å². The van der Waals surface area contributed by atoms with E-state index < -0.39 is 16.1 Å². The van der Waals surface area contributed by atoms with Crippen LogP contribution < -0.4 is 23.8 Å². The normalized spacial score (nSPS) is 19.0. The van der Waals surface area contributed by atoms with Crippen LogP contribution in [-0.2, 0) is 14.8 Å². The molecule has 28 heavy (non-hydrogen) atoms. The van der Waals surface area contributed by atoms with Gasteiger partial charge in [0.1, 0.15) is 19.0 Å². The van der Waals surface area contributed by atoms with E-state index in [2.05, 4.69) is 4.72 Å². The molecule has 0 spiro atoms. The van der Waals surface area contributed by atoms with E-state index in [4.69, 9.17) is 14.2 Å². The molecule has 0 radical (unpaired) electrons. The third kappa shape index (κ3) is 3.63. The van der Waals surface area contributed by atoms with E-state index in [-0.39, 0.29) is 23.8 Å². The van der Waals surface area contributed by atoms with Crippen molar-refractivity contribution in [2.75, 3.05) is 31.8 Å². The summed E-state index contributed by atoms with van der Waals surface area (Å²) in [6.45, 7) is 1.07. The van der Waals surface area contributed by atoms with E-state index >= 15 is 0 Å². The predicted octanol–water partition coefficient (Wildman–Crippen LogP) is 1.55. The number of hydrogen-bond acceptors (Lipinski definition) is 6. The first-order valence-corrected chi connectivity index (χ1v) is 10.3. The van der Waals surface area contributed by atoms with Crippen LogP contribution in [0.25, 0.3) is 0 Å². The van der Waals surface area contributed by atoms with Crippen molar-refractivity contribution >= 4 is 21.6 Å². The number of sulfonamides is 1. The molecule has 9 heteroatoms. The summed E-state index contributed by atoms with van der Waals surface area (Å²) in [5.74, 6) is 1.47. The molecule has 8 nitrogen and oxygen atoms in total. The Bertz CT molecular complexity index is 990. The van der Waals surface area contributed by atoms with Gasteiger partial charge in [-0.2, -0.15) is 0 Å². The fourth-order valence-electron chi connectivity index (χ4n) is 3.28. The molecule has 4 rings (SSSR count). The lowest BCUT2D eigenvalue weighted by atomic mass is 10.3. The second-order valence-corrected chi connectivity index (χ2v) is 8.24. The predicted molar refractivity (Wildman–Crippen MR) is 102 cm³/mol. The Morgan fingerprint density at radius 1 is 1.07 bits per heavy atom.